The molecular formula is C55H35NSi. The van der Waals surface area contributed by atoms with E-state index >= 15 is 0 Å². The molecule has 4 aliphatic rings. The highest BCUT2D eigenvalue weighted by molar-refractivity contribution is 7.24. The Morgan fingerprint density at radius 1 is 0.298 bits per heavy atom. The van der Waals surface area contributed by atoms with Crippen molar-refractivity contribution < 1.29 is 0 Å². The molecule has 3 aliphatic heterocycles. The maximum atomic E-state index is 2.58. The molecule has 0 aromatic heterocycles. The van der Waals surface area contributed by atoms with Crippen LogP contribution in [0.25, 0.3) is 44.5 Å². The third kappa shape index (κ3) is 3.79. The van der Waals surface area contributed by atoms with Gasteiger partial charge >= 0.3 is 0 Å². The largest absolute Gasteiger partial charge is 0.310 e. The second-order valence-electron chi connectivity index (χ2n) is 15.9. The lowest BCUT2D eigenvalue weighted by atomic mass is 9.64. The van der Waals surface area contributed by atoms with Crippen LogP contribution in [-0.2, 0) is 5.41 Å². The van der Waals surface area contributed by atoms with Gasteiger partial charge in [-0.3, -0.25) is 0 Å². The second kappa shape index (κ2) is 11.3. The monoisotopic (exact) mass is 737 g/mol. The highest BCUT2D eigenvalue weighted by Crippen LogP contribution is 2.63. The predicted octanol–water partition coefficient (Wildman–Crippen LogP) is 10.8. The molecule has 2 heteroatoms. The molecule has 0 atom stereocenters. The molecule has 9 aromatic rings. The van der Waals surface area contributed by atoms with Gasteiger partial charge in [0.2, 0.25) is 0 Å². The standard InChI is InChI=1S/C55H35NSi/c1-2-16-36(17-3-1)37-30-33-50-48(34-37)55(45-23-9-4-18-39(45)40-19-5-10-24-46(40)55)47-25-11-12-26-49(47)56(50)38-31-32-44-43-22-8-15-29-53(43)57(54(44)35-38)51-27-13-6-20-41(51)42-21-7-14-28-52(42)57/h1-35H. The van der Waals surface area contributed by atoms with E-state index in [1.807, 2.05) is 0 Å². The van der Waals surface area contributed by atoms with Crippen molar-refractivity contribution in [1.82, 2.24) is 0 Å². The fourth-order valence-corrected chi connectivity index (χ4v) is 17.0. The van der Waals surface area contributed by atoms with Crippen molar-refractivity contribution in [2.75, 3.05) is 4.90 Å². The molecule has 0 saturated carbocycles. The second-order valence-corrected chi connectivity index (χ2v) is 19.6. The summed E-state index contributed by atoms with van der Waals surface area (Å²) in [5, 5.41) is 5.98. The molecule has 3 heterocycles. The number of rotatable bonds is 2. The number of benzene rings is 9. The number of anilines is 3. The van der Waals surface area contributed by atoms with Crippen molar-refractivity contribution in [3.63, 3.8) is 0 Å². The van der Waals surface area contributed by atoms with E-state index in [1.165, 1.54) is 105 Å². The fourth-order valence-electron chi connectivity index (χ4n) is 11.4. The summed E-state index contributed by atoms with van der Waals surface area (Å²) in [6.07, 6.45) is 0. The molecule has 0 N–H and O–H groups in total. The summed E-state index contributed by atoms with van der Waals surface area (Å²) in [4.78, 5) is 2.58. The molecule has 9 aromatic carbocycles. The first-order valence-corrected chi connectivity index (χ1v) is 22.0. The zero-order chi connectivity index (χ0) is 37.3. The average molecular weight is 738 g/mol. The van der Waals surface area contributed by atoms with Gasteiger partial charge in [-0.25, -0.2) is 0 Å². The van der Waals surface area contributed by atoms with Crippen LogP contribution < -0.4 is 25.6 Å². The Hall–Kier alpha value is -7.00. The molecule has 2 spiro atoms. The minimum atomic E-state index is -2.64. The van der Waals surface area contributed by atoms with E-state index in [-0.39, 0.29) is 0 Å². The van der Waals surface area contributed by atoms with Gasteiger partial charge in [-0.15, -0.1) is 0 Å². The zero-order valence-corrected chi connectivity index (χ0v) is 32.2. The van der Waals surface area contributed by atoms with E-state index in [4.69, 9.17) is 0 Å². The highest BCUT2D eigenvalue weighted by Gasteiger charge is 2.55. The van der Waals surface area contributed by atoms with Crippen molar-refractivity contribution in [3.05, 3.63) is 235 Å². The number of nitrogens with zero attached hydrogens (tertiary/aromatic N) is 1. The molecule has 1 aliphatic carbocycles. The Labute approximate surface area is 333 Å². The molecule has 0 fully saturated rings. The summed E-state index contributed by atoms with van der Waals surface area (Å²) in [6, 6.07) is 80.6. The van der Waals surface area contributed by atoms with Gasteiger partial charge in [0.05, 0.1) is 16.8 Å². The van der Waals surface area contributed by atoms with Gasteiger partial charge < -0.3 is 4.90 Å². The topological polar surface area (TPSA) is 3.24 Å². The summed E-state index contributed by atoms with van der Waals surface area (Å²) in [6.45, 7) is 0. The lowest BCUT2D eigenvalue weighted by Crippen LogP contribution is -2.70. The van der Waals surface area contributed by atoms with Crippen LogP contribution in [-0.4, -0.2) is 8.07 Å². The van der Waals surface area contributed by atoms with E-state index in [9.17, 15) is 0 Å². The van der Waals surface area contributed by atoms with Crippen molar-refractivity contribution in [1.29, 1.82) is 0 Å². The zero-order valence-electron chi connectivity index (χ0n) is 31.2. The predicted molar refractivity (Wildman–Crippen MR) is 239 cm³/mol. The minimum absolute atomic E-state index is 0.493. The Kier molecular flexibility index (Phi) is 6.18. The lowest BCUT2D eigenvalue weighted by Gasteiger charge is -2.45. The molecule has 57 heavy (non-hydrogen) atoms. The van der Waals surface area contributed by atoms with Gasteiger partial charge in [-0.2, -0.15) is 0 Å². The molecule has 0 radical (unpaired) electrons. The van der Waals surface area contributed by atoms with E-state index in [0.717, 1.165) is 0 Å². The number of fused-ring (bicyclic) bond motifs is 19. The Bertz CT molecular complexity index is 3050. The van der Waals surface area contributed by atoms with Crippen LogP contribution in [0.15, 0.2) is 212 Å². The van der Waals surface area contributed by atoms with Crippen molar-refractivity contribution in [2.45, 2.75) is 5.41 Å². The summed E-state index contributed by atoms with van der Waals surface area (Å²) >= 11 is 0. The van der Waals surface area contributed by atoms with E-state index in [0.29, 0.717) is 0 Å². The van der Waals surface area contributed by atoms with E-state index in [2.05, 4.69) is 217 Å². The van der Waals surface area contributed by atoms with Crippen LogP contribution >= 0.6 is 0 Å². The minimum Gasteiger partial charge on any atom is -0.310 e. The summed E-state index contributed by atoms with van der Waals surface area (Å²) < 4.78 is 0. The maximum absolute atomic E-state index is 2.64. The van der Waals surface area contributed by atoms with Gasteiger partial charge in [0.15, 0.2) is 8.07 Å². The number of hydrogen-bond acceptors (Lipinski definition) is 1. The van der Waals surface area contributed by atoms with Gasteiger partial charge in [0.25, 0.3) is 0 Å². The van der Waals surface area contributed by atoms with Crippen LogP contribution in [0.5, 0.6) is 0 Å². The average Bonchev–Trinajstić information content (AvgIpc) is 3.87. The first kappa shape index (κ1) is 31.2. The van der Waals surface area contributed by atoms with Crippen LogP contribution in [0.1, 0.15) is 22.3 Å². The lowest BCUT2D eigenvalue weighted by molar-refractivity contribution is 0.753. The van der Waals surface area contributed by atoms with Crippen molar-refractivity contribution in [3.8, 4) is 44.5 Å². The molecule has 0 amide bonds. The quantitative estimate of drug-likeness (QED) is 0.160. The smallest absolute Gasteiger partial charge is 0.182 e. The summed E-state index contributed by atoms with van der Waals surface area (Å²) in [5.74, 6) is 0. The van der Waals surface area contributed by atoms with Gasteiger partial charge in [0.1, 0.15) is 0 Å². The molecule has 0 bridgehead atoms. The van der Waals surface area contributed by atoms with Gasteiger partial charge in [-0.05, 0) is 118 Å². The van der Waals surface area contributed by atoms with Crippen LogP contribution in [0.3, 0.4) is 0 Å². The van der Waals surface area contributed by atoms with Gasteiger partial charge in [0, 0.05) is 5.69 Å². The Balaban J connectivity index is 1.13. The molecule has 264 valence electrons. The Morgan fingerprint density at radius 3 is 1.39 bits per heavy atom. The maximum Gasteiger partial charge on any atom is 0.182 e. The summed E-state index contributed by atoms with van der Waals surface area (Å²) in [7, 11) is -2.64. The first-order chi connectivity index (χ1) is 28.3. The van der Waals surface area contributed by atoms with Crippen LogP contribution in [0, 0.1) is 0 Å². The fraction of sp³-hybridized carbons (Fsp3) is 0.0182. The number of hydrogen-bond donors (Lipinski definition) is 0. The molecule has 0 unspecified atom stereocenters. The van der Waals surface area contributed by atoms with Crippen molar-refractivity contribution >= 4 is 45.9 Å². The SMILES string of the molecule is c1ccc(-c2ccc3c(c2)C2(c4ccccc4-c4ccccc42)c2ccccc2N3c2ccc3c(c2)[Si]2(c4ccccc4-c4ccccc42)c2ccccc2-3)cc1. The first-order valence-electron chi connectivity index (χ1n) is 20.0. The molecular weight excluding hydrogens is 703 g/mol. The summed E-state index contributed by atoms with van der Waals surface area (Å²) in [5.41, 5.74) is 19.1. The highest BCUT2D eigenvalue weighted by atomic mass is 28.3. The van der Waals surface area contributed by atoms with Crippen molar-refractivity contribution in [2.24, 2.45) is 0 Å². The number of para-hydroxylation sites is 1. The van der Waals surface area contributed by atoms with Gasteiger partial charge in [-0.1, -0.05) is 182 Å². The van der Waals surface area contributed by atoms with Crippen LogP contribution in [0.2, 0.25) is 0 Å². The molecule has 0 saturated heterocycles. The normalized spacial score (nSPS) is 14.9. The van der Waals surface area contributed by atoms with E-state index in [1.54, 1.807) is 0 Å². The van der Waals surface area contributed by atoms with Crippen LogP contribution in [0.4, 0.5) is 17.1 Å². The molecule has 1 nitrogen and oxygen atoms in total. The van der Waals surface area contributed by atoms with E-state index < -0.39 is 13.5 Å². The Morgan fingerprint density at radius 2 is 0.772 bits per heavy atom. The molecule has 13 rings (SSSR count). The third-order valence-electron chi connectivity index (χ3n) is 13.5. The third-order valence-corrected chi connectivity index (χ3v) is 18.4.